The molecule has 1 amide bonds. The lowest BCUT2D eigenvalue weighted by Crippen LogP contribution is -2.60. The van der Waals surface area contributed by atoms with Crippen molar-refractivity contribution in [1.29, 1.82) is 0 Å². The Morgan fingerprint density at radius 2 is 1.20 bits per heavy atom. The highest BCUT2D eigenvalue weighted by molar-refractivity contribution is 5.76. The standard InChI is InChI=1S/C41H73NO8/c1-3-5-7-9-11-13-15-17-19-20-22-24-26-28-30-35(44)34(33-49-41-40(48)39(47)38(46)36(32-43)50-41)42-37(45)31-29-27-25-23-21-18-16-14-12-10-8-6-4-2/h18,20-22,25,27-28,30,34-36,38-41,43-44,46-48H,3-17,19,23-24,26,29,31-33H2,1-2H3,(H,42,45)/b21-18-,22-20+,27-25-,30-28+. The third-order valence-electron chi connectivity index (χ3n) is 9.14. The highest BCUT2D eigenvalue weighted by Crippen LogP contribution is 2.22. The number of carbonyl (C=O) groups excluding carboxylic acids is 1. The number of carbonyl (C=O) groups is 1. The molecule has 9 nitrogen and oxygen atoms in total. The molecule has 9 heteroatoms. The Labute approximate surface area is 303 Å². The quantitative estimate of drug-likeness (QED) is 0.0330. The fourth-order valence-electron chi connectivity index (χ4n) is 5.87. The Hall–Kier alpha value is -1.85. The number of ether oxygens (including phenoxy) is 2. The molecule has 1 heterocycles. The Kier molecular flexibility index (Phi) is 29.4. The molecule has 0 aliphatic carbocycles. The Morgan fingerprint density at radius 3 is 1.80 bits per heavy atom. The third-order valence-corrected chi connectivity index (χ3v) is 9.14. The summed E-state index contributed by atoms with van der Waals surface area (Å²) < 4.78 is 11.1. The van der Waals surface area contributed by atoms with E-state index < -0.39 is 49.5 Å². The number of allylic oxidation sites excluding steroid dienone is 7. The minimum absolute atomic E-state index is 0.225. The molecule has 7 unspecified atom stereocenters. The zero-order valence-electron chi connectivity index (χ0n) is 31.4. The van der Waals surface area contributed by atoms with Crippen LogP contribution in [-0.2, 0) is 14.3 Å². The van der Waals surface area contributed by atoms with Crippen LogP contribution in [0, 0.1) is 0 Å². The third kappa shape index (κ3) is 22.9. The van der Waals surface area contributed by atoms with Crippen molar-refractivity contribution in [1.82, 2.24) is 5.32 Å². The Bertz CT molecular complexity index is 920. The molecule has 290 valence electrons. The van der Waals surface area contributed by atoms with Gasteiger partial charge in [-0.15, -0.1) is 0 Å². The Morgan fingerprint density at radius 1 is 0.680 bits per heavy atom. The molecule has 1 fully saturated rings. The van der Waals surface area contributed by atoms with Crippen LogP contribution in [0.2, 0.25) is 0 Å². The van der Waals surface area contributed by atoms with Gasteiger partial charge in [-0.3, -0.25) is 4.79 Å². The Balaban J connectivity index is 2.52. The predicted octanol–water partition coefficient (Wildman–Crippen LogP) is 7.11. The molecule has 0 saturated carbocycles. The largest absolute Gasteiger partial charge is 0.394 e. The van der Waals surface area contributed by atoms with E-state index in [1.165, 1.54) is 89.9 Å². The first kappa shape index (κ1) is 46.2. The molecule has 0 radical (unpaired) electrons. The van der Waals surface area contributed by atoms with Crippen molar-refractivity contribution < 1.29 is 39.8 Å². The number of rotatable bonds is 31. The lowest BCUT2D eigenvalue weighted by Gasteiger charge is -2.40. The second kappa shape index (κ2) is 31.9. The summed E-state index contributed by atoms with van der Waals surface area (Å²) in [5.74, 6) is -0.257. The van der Waals surface area contributed by atoms with Gasteiger partial charge in [0.1, 0.15) is 24.4 Å². The summed E-state index contributed by atoms with van der Waals surface area (Å²) in [6.45, 7) is 3.67. The molecule has 6 N–H and O–H groups in total. The van der Waals surface area contributed by atoms with Crippen LogP contribution in [0.3, 0.4) is 0 Å². The van der Waals surface area contributed by atoms with Crippen molar-refractivity contribution in [2.45, 2.75) is 192 Å². The molecule has 50 heavy (non-hydrogen) atoms. The minimum atomic E-state index is -1.58. The van der Waals surface area contributed by atoms with E-state index in [4.69, 9.17) is 9.47 Å². The second-order valence-corrected chi connectivity index (χ2v) is 13.7. The topological polar surface area (TPSA) is 149 Å². The first-order valence-electron chi connectivity index (χ1n) is 19.9. The van der Waals surface area contributed by atoms with Crippen LogP contribution in [0.1, 0.15) is 149 Å². The molecule has 1 rings (SSSR count). The number of unbranched alkanes of at least 4 members (excludes halogenated alkanes) is 15. The van der Waals surface area contributed by atoms with Crippen molar-refractivity contribution in [3.05, 3.63) is 48.6 Å². The van der Waals surface area contributed by atoms with Crippen molar-refractivity contribution in [2.24, 2.45) is 0 Å². The van der Waals surface area contributed by atoms with E-state index in [2.05, 4.69) is 43.5 Å². The number of hydrogen-bond acceptors (Lipinski definition) is 8. The summed E-state index contributed by atoms with van der Waals surface area (Å²) in [5, 5.41) is 53.8. The second-order valence-electron chi connectivity index (χ2n) is 13.7. The van der Waals surface area contributed by atoms with Crippen LogP contribution in [0.15, 0.2) is 48.6 Å². The summed E-state index contributed by atoms with van der Waals surface area (Å²) in [6.07, 6.45) is 31.7. The zero-order chi connectivity index (χ0) is 36.7. The van der Waals surface area contributed by atoms with E-state index >= 15 is 0 Å². The first-order chi connectivity index (χ1) is 24.3. The van der Waals surface area contributed by atoms with Crippen molar-refractivity contribution in [3.8, 4) is 0 Å². The minimum Gasteiger partial charge on any atom is -0.394 e. The summed E-state index contributed by atoms with van der Waals surface area (Å²) in [4.78, 5) is 12.8. The summed E-state index contributed by atoms with van der Waals surface area (Å²) in [5.41, 5.74) is 0. The number of aliphatic hydroxyl groups is 5. The van der Waals surface area contributed by atoms with E-state index in [-0.39, 0.29) is 18.9 Å². The van der Waals surface area contributed by atoms with Crippen molar-refractivity contribution >= 4 is 5.91 Å². The van der Waals surface area contributed by atoms with Gasteiger partial charge < -0.3 is 40.3 Å². The van der Waals surface area contributed by atoms with E-state index in [1.54, 1.807) is 6.08 Å². The average Bonchev–Trinajstić information content (AvgIpc) is 3.11. The van der Waals surface area contributed by atoms with Gasteiger partial charge in [-0.25, -0.2) is 0 Å². The van der Waals surface area contributed by atoms with Crippen LogP contribution >= 0.6 is 0 Å². The molecular formula is C41H73NO8. The number of aliphatic hydroxyl groups excluding tert-OH is 5. The van der Waals surface area contributed by atoms with Crippen LogP contribution in [0.25, 0.3) is 0 Å². The molecule has 1 aliphatic rings. The molecule has 0 bridgehead atoms. The highest BCUT2D eigenvalue weighted by Gasteiger charge is 2.44. The van der Waals surface area contributed by atoms with Crippen molar-refractivity contribution in [2.75, 3.05) is 13.2 Å². The fourth-order valence-corrected chi connectivity index (χ4v) is 5.87. The summed E-state index contributed by atoms with van der Waals surface area (Å²) in [6, 6.07) is -0.850. The number of amides is 1. The number of hydrogen-bond donors (Lipinski definition) is 6. The van der Waals surface area contributed by atoms with Gasteiger partial charge in [0.2, 0.25) is 5.91 Å². The molecule has 0 spiro atoms. The van der Waals surface area contributed by atoms with Gasteiger partial charge in [-0.05, 0) is 51.4 Å². The first-order valence-corrected chi connectivity index (χ1v) is 19.9. The number of nitrogens with one attached hydrogen (secondary N) is 1. The smallest absolute Gasteiger partial charge is 0.220 e. The normalized spacial score (nSPS) is 22.7. The van der Waals surface area contributed by atoms with Crippen LogP contribution < -0.4 is 5.32 Å². The molecule has 0 aromatic heterocycles. The lowest BCUT2D eigenvalue weighted by atomic mass is 9.99. The molecular weight excluding hydrogens is 634 g/mol. The SMILES string of the molecule is CCCCCCCC/C=C\C/C=C\CCC(=O)NC(COC1OC(CO)C(O)C(O)C1O)C(O)/C=C/CC/C=C/CCCCCCCCCC. The highest BCUT2D eigenvalue weighted by atomic mass is 16.7. The van der Waals surface area contributed by atoms with E-state index in [0.29, 0.717) is 6.42 Å². The summed E-state index contributed by atoms with van der Waals surface area (Å²) >= 11 is 0. The zero-order valence-corrected chi connectivity index (χ0v) is 31.4. The van der Waals surface area contributed by atoms with Crippen LogP contribution in [0.5, 0.6) is 0 Å². The van der Waals surface area contributed by atoms with Gasteiger partial charge in [0, 0.05) is 6.42 Å². The van der Waals surface area contributed by atoms with E-state index in [9.17, 15) is 30.3 Å². The van der Waals surface area contributed by atoms with E-state index in [1.807, 2.05) is 18.2 Å². The van der Waals surface area contributed by atoms with Gasteiger partial charge in [0.05, 0.1) is 25.4 Å². The molecule has 1 saturated heterocycles. The van der Waals surface area contributed by atoms with Gasteiger partial charge in [0.15, 0.2) is 6.29 Å². The maximum Gasteiger partial charge on any atom is 0.220 e. The maximum absolute atomic E-state index is 12.8. The predicted molar refractivity (Wildman–Crippen MR) is 203 cm³/mol. The maximum atomic E-state index is 12.8. The van der Waals surface area contributed by atoms with Crippen LogP contribution in [0.4, 0.5) is 0 Å². The average molecular weight is 708 g/mol. The fraction of sp³-hybridized carbons (Fsp3) is 0.780. The lowest BCUT2D eigenvalue weighted by molar-refractivity contribution is -0.302. The van der Waals surface area contributed by atoms with Gasteiger partial charge in [-0.2, -0.15) is 0 Å². The van der Waals surface area contributed by atoms with Crippen LogP contribution in [-0.4, -0.2) is 87.5 Å². The summed E-state index contributed by atoms with van der Waals surface area (Å²) in [7, 11) is 0. The van der Waals surface area contributed by atoms with Crippen molar-refractivity contribution in [3.63, 3.8) is 0 Å². The molecule has 0 aromatic rings. The van der Waals surface area contributed by atoms with Gasteiger partial charge >= 0.3 is 0 Å². The molecule has 7 atom stereocenters. The van der Waals surface area contributed by atoms with E-state index in [0.717, 1.165) is 32.1 Å². The molecule has 0 aromatic carbocycles. The molecule has 1 aliphatic heterocycles. The van der Waals surface area contributed by atoms with Gasteiger partial charge in [0.25, 0.3) is 0 Å². The monoisotopic (exact) mass is 708 g/mol. The van der Waals surface area contributed by atoms with Gasteiger partial charge in [-0.1, -0.05) is 140 Å².